The fraction of sp³-hybridized carbons (Fsp3) is 0.500. The van der Waals surface area contributed by atoms with Crippen molar-refractivity contribution in [1.29, 1.82) is 0 Å². The highest BCUT2D eigenvalue weighted by atomic mass is 79.9. The molecule has 0 spiro atoms. The van der Waals surface area contributed by atoms with Gasteiger partial charge < -0.3 is 5.32 Å². The Balaban J connectivity index is 2.55. The summed E-state index contributed by atoms with van der Waals surface area (Å²) in [5.74, 6) is 0. The highest BCUT2D eigenvalue weighted by Crippen LogP contribution is 2.20. The number of hydrogen-bond acceptors (Lipinski definition) is 1. The third-order valence-corrected chi connectivity index (χ3v) is 3.60. The Morgan fingerprint density at radius 3 is 2.75 bits per heavy atom. The van der Waals surface area contributed by atoms with Crippen molar-refractivity contribution in [2.75, 3.05) is 5.33 Å². The van der Waals surface area contributed by atoms with E-state index in [1.807, 2.05) is 18.2 Å². The third-order valence-electron chi connectivity index (χ3n) is 2.54. The number of halogens is 3. The van der Waals surface area contributed by atoms with E-state index in [2.05, 4.69) is 28.2 Å². The summed E-state index contributed by atoms with van der Waals surface area (Å²) < 4.78 is 0. The molecule has 0 fully saturated rings. The standard InChI is InChI=1S/C12H16BrCl2N/c1-2-11(5-6-13)16-8-9-7-10(14)3-4-12(9)15/h3-4,7,11,16H,2,5-6,8H2,1H3. The first-order chi connectivity index (χ1) is 7.67. The van der Waals surface area contributed by atoms with E-state index in [0.29, 0.717) is 6.04 Å². The minimum Gasteiger partial charge on any atom is -0.310 e. The molecule has 0 aliphatic carbocycles. The van der Waals surface area contributed by atoms with Crippen molar-refractivity contribution in [2.45, 2.75) is 32.4 Å². The number of nitrogens with one attached hydrogen (secondary N) is 1. The van der Waals surface area contributed by atoms with E-state index in [0.717, 1.165) is 40.3 Å². The molecule has 90 valence electrons. The minimum atomic E-state index is 0.523. The summed E-state index contributed by atoms with van der Waals surface area (Å²) in [4.78, 5) is 0. The van der Waals surface area contributed by atoms with Crippen molar-refractivity contribution in [3.63, 3.8) is 0 Å². The zero-order chi connectivity index (χ0) is 12.0. The van der Waals surface area contributed by atoms with Crippen LogP contribution >= 0.6 is 39.1 Å². The summed E-state index contributed by atoms with van der Waals surface area (Å²) in [6.07, 6.45) is 2.23. The predicted octanol–water partition coefficient (Wildman–Crippen LogP) is 4.65. The van der Waals surface area contributed by atoms with Gasteiger partial charge in [0, 0.05) is 28.0 Å². The van der Waals surface area contributed by atoms with Crippen LogP contribution in [0.1, 0.15) is 25.3 Å². The van der Waals surface area contributed by atoms with Crippen LogP contribution in [0.25, 0.3) is 0 Å². The van der Waals surface area contributed by atoms with E-state index in [1.165, 1.54) is 0 Å². The monoisotopic (exact) mass is 323 g/mol. The van der Waals surface area contributed by atoms with Gasteiger partial charge in [-0.1, -0.05) is 46.1 Å². The second-order valence-corrected chi connectivity index (χ2v) is 5.34. The number of hydrogen-bond donors (Lipinski definition) is 1. The Bertz CT molecular complexity index is 331. The van der Waals surface area contributed by atoms with Crippen LogP contribution in [0.4, 0.5) is 0 Å². The van der Waals surface area contributed by atoms with Crippen LogP contribution in [-0.2, 0) is 6.54 Å². The molecule has 1 nitrogen and oxygen atoms in total. The molecule has 1 aromatic rings. The van der Waals surface area contributed by atoms with Crippen LogP contribution < -0.4 is 5.32 Å². The summed E-state index contributed by atoms with van der Waals surface area (Å²) in [5, 5.41) is 6.00. The van der Waals surface area contributed by atoms with Gasteiger partial charge in [-0.3, -0.25) is 0 Å². The molecule has 0 saturated heterocycles. The van der Waals surface area contributed by atoms with E-state index in [9.17, 15) is 0 Å². The molecule has 0 aliphatic rings. The maximum absolute atomic E-state index is 6.09. The summed E-state index contributed by atoms with van der Waals surface area (Å²) in [7, 11) is 0. The summed E-state index contributed by atoms with van der Waals surface area (Å²) >= 11 is 15.5. The van der Waals surface area contributed by atoms with Crippen molar-refractivity contribution in [2.24, 2.45) is 0 Å². The molecule has 0 bridgehead atoms. The molecule has 0 saturated carbocycles. The average Bonchev–Trinajstić information content (AvgIpc) is 2.28. The molecule has 0 aliphatic heterocycles. The number of benzene rings is 1. The van der Waals surface area contributed by atoms with Gasteiger partial charge in [-0.05, 0) is 36.6 Å². The number of alkyl halides is 1. The smallest absolute Gasteiger partial charge is 0.0451 e. The van der Waals surface area contributed by atoms with Crippen molar-refractivity contribution < 1.29 is 0 Å². The first-order valence-corrected chi connectivity index (χ1v) is 7.28. The van der Waals surface area contributed by atoms with Crippen LogP contribution in [0.5, 0.6) is 0 Å². The lowest BCUT2D eigenvalue weighted by Crippen LogP contribution is -2.28. The van der Waals surface area contributed by atoms with E-state index >= 15 is 0 Å². The van der Waals surface area contributed by atoms with E-state index < -0.39 is 0 Å². The van der Waals surface area contributed by atoms with Gasteiger partial charge in [0.25, 0.3) is 0 Å². The predicted molar refractivity (Wildman–Crippen MR) is 75.8 cm³/mol. The molecule has 1 atom stereocenters. The molecule has 1 rings (SSSR count). The van der Waals surface area contributed by atoms with Gasteiger partial charge in [0.1, 0.15) is 0 Å². The summed E-state index contributed by atoms with van der Waals surface area (Å²) in [6.45, 7) is 2.95. The molecule has 0 amide bonds. The van der Waals surface area contributed by atoms with Gasteiger partial charge in [0.2, 0.25) is 0 Å². The molecule has 4 heteroatoms. The zero-order valence-electron chi connectivity index (χ0n) is 9.27. The maximum atomic E-state index is 6.09. The lowest BCUT2D eigenvalue weighted by atomic mass is 10.1. The Hall–Kier alpha value is 0.240. The van der Waals surface area contributed by atoms with Crippen molar-refractivity contribution in [3.05, 3.63) is 33.8 Å². The maximum Gasteiger partial charge on any atom is 0.0451 e. The summed E-state index contributed by atoms with van der Waals surface area (Å²) in [6, 6.07) is 6.09. The van der Waals surface area contributed by atoms with Gasteiger partial charge in [-0.15, -0.1) is 0 Å². The zero-order valence-corrected chi connectivity index (χ0v) is 12.4. The second-order valence-electron chi connectivity index (χ2n) is 3.70. The first kappa shape index (κ1) is 14.3. The molecule has 1 N–H and O–H groups in total. The average molecular weight is 325 g/mol. The van der Waals surface area contributed by atoms with Gasteiger partial charge in [-0.2, -0.15) is 0 Å². The fourth-order valence-electron chi connectivity index (χ4n) is 1.52. The highest BCUT2D eigenvalue weighted by molar-refractivity contribution is 9.09. The van der Waals surface area contributed by atoms with Crippen molar-refractivity contribution in [3.8, 4) is 0 Å². The highest BCUT2D eigenvalue weighted by Gasteiger charge is 2.06. The SMILES string of the molecule is CCC(CCBr)NCc1cc(Cl)ccc1Cl. The van der Waals surface area contributed by atoms with Gasteiger partial charge >= 0.3 is 0 Å². The quantitative estimate of drug-likeness (QED) is 0.751. The topological polar surface area (TPSA) is 12.0 Å². The van der Waals surface area contributed by atoms with Crippen LogP contribution in [0, 0.1) is 0 Å². The molecule has 16 heavy (non-hydrogen) atoms. The third kappa shape index (κ3) is 4.62. The molecule has 1 unspecified atom stereocenters. The lowest BCUT2D eigenvalue weighted by molar-refractivity contribution is 0.488. The Morgan fingerprint density at radius 2 is 2.12 bits per heavy atom. The largest absolute Gasteiger partial charge is 0.310 e. The lowest BCUT2D eigenvalue weighted by Gasteiger charge is -2.16. The first-order valence-electron chi connectivity index (χ1n) is 5.40. The number of rotatable bonds is 6. The van der Waals surface area contributed by atoms with Crippen LogP contribution in [0.15, 0.2) is 18.2 Å². The van der Waals surface area contributed by atoms with Gasteiger partial charge in [0.15, 0.2) is 0 Å². The Kier molecular flexibility index (Phi) is 6.74. The molecular formula is C12H16BrCl2N. The van der Waals surface area contributed by atoms with Crippen LogP contribution in [0.3, 0.4) is 0 Å². The van der Waals surface area contributed by atoms with Crippen LogP contribution in [0.2, 0.25) is 10.0 Å². The Labute approximate surface area is 116 Å². The van der Waals surface area contributed by atoms with Crippen LogP contribution in [-0.4, -0.2) is 11.4 Å². The second kappa shape index (κ2) is 7.54. The van der Waals surface area contributed by atoms with E-state index in [4.69, 9.17) is 23.2 Å². The van der Waals surface area contributed by atoms with Crippen molar-refractivity contribution in [1.82, 2.24) is 5.32 Å². The minimum absolute atomic E-state index is 0.523. The molecule has 1 aromatic carbocycles. The molecule has 0 heterocycles. The van der Waals surface area contributed by atoms with Crippen molar-refractivity contribution >= 4 is 39.1 Å². The summed E-state index contributed by atoms with van der Waals surface area (Å²) in [5.41, 5.74) is 1.06. The van der Waals surface area contributed by atoms with E-state index in [-0.39, 0.29) is 0 Å². The van der Waals surface area contributed by atoms with Gasteiger partial charge in [-0.25, -0.2) is 0 Å². The molecular weight excluding hydrogens is 309 g/mol. The Morgan fingerprint density at radius 1 is 1.38 bits per heavy atom. The van der Waals surface area contributed by atoms with Gasteiger partial charge in [0.05, 0.1) is 0 Å². The fourth-order valence-corrected chi connectivity index (χ4v) is 2.45. The molecule has 0 radical (unpaired) electrons. The molecule has 0 aromatic heterocycles. The normalized spacial score (nSPS) is 12.8. The van der Waals surface area contributed by atoms with E-state index in [1.54, 1.807) is 0 Å².